The molecule has 4 rings (SSSR count). The number of Topliss-reactive ketones (excluding diaryl/α,β-unsaturated/α-hetero) is 1. The third kappa shape index (κ3) is 4.31. The van der Waals surface area contributed by atoms with E-state index >= 15 is 0 Å². The molecule has 0 fully saturated rings. The van der Waals surface area contributed by atoms with Crippen molar-refractivity contribution < 1.29 is 28.5 Å². The van der Waals surface area contributed by atoms with Gasteiger partial charge in [-0.3, -0.25) is 4.79 Å². The molecule has 34 heavy (non-hydrogen) atoms. The number of aryl methyl sites for hydroxylation is 3. The molecule has 0 saturated heterocycles. The van der Waals surface area contributed by atoms with Gasteiger partial charge in [-0.25, -0.2) is 0 Å². The van der Waals surface area contributed by atoms with E-state index in [1.807, 2.05) is 13.0 Å². The largest absolute Gasteiger partial charge is 0.493 e. The van der Waals surface area contributed by atoms with Crippen LogP contribution >= 0.6 is 0 Å². The number of methoxy groups -OCH3 is 3. The fourth-order valence-corrected chi connectivity index (χ4v) is 4.06. The van der Waals surface area contributed by atoms with Gasteiger partial charge in [-0.15, -0.1) is 0 Å². The summed E-state index contributed by atoms with van der Waals surface area (Å²) in [4.78, 5) is 13.1. The summed E-state index contributed by atoms with van der Waals surface area (Å²) in [6, 6.07) is 13.5. The van der Waals surface area contributed by atoms with Gasteiger partial charge in [0.2, 0.25) is 11.5 Å². The summed E-state index contributed by atoms with van der Waals surface area (Å²) in [5, 5.41) is 0. The second kappa shape index (κ2) is 9.51. The fraction of sp³-hybridized carbons (Fsp3) is 0.250. The summed E-state index contributed by atoms with van der Waals surface area (Å²) < 4.78 is 28.3. The molecule has 176 valence electrons. The van der Waals surface area contributed by atoms with Crippen LogP contribution < -0.4 is 23.7 Å². The van der Waals surface area contributed by atoms with Gasteiger partial charge in [0.25, 0.3) is 0 Å². The van der Waals surface area contributed by atoms with E-state index in [9.17, 15) is 4.79 Å². The number of ether oxygens (including phenoxy) is 5. The Kier molecular flexibility index (Phi) is 6.50. The first-order valence-corrected chi connectivity index (χ1v) is 10.9. The van der Waals surface area contributed by atoms with E-state index < -0.39 is 0 Å². The van der Waals surface area contributed by atoms with E-state index in [0.717, 1.165) is 11.1 Å². The minimum Gasteiger partial charge on any atom is -0.493 e. The second-order valence-electron chi connectivity index (χ2n) is 8.20. The topological polar surface area (TPSA) is 63.2 Å². The summed E-state index contributed by atoms with van der Waals surface area (Å²) in [5.41, 5.74) is 5.44. The molecule has 0 amide bonds. The van der Waals surface area contributed by atoms with Crippen molar-refractivity contribution in [2.24, 2.45) is 0 Å². The molecule has 1 heterocycles. The Labute approximate surface area is 199 Å². The summed E-state index contributed by atoms with van der Waals surface area (Å²) in [6.45, 7) is 6.44. The zero-order chi connectivity index (χ0) is 24.4. The molecule has 0 atom stereocenters. The number of fused-ring (bicyclic) bond motifs is 1. The number of carbonyl (C=O) groups excluding carboxylic acids is 1. The average molecular weight is 461 g/mol. The lowest BCUT2D eigenvalue weighted by atomic mass is 10.0. The first kappa shape index (κ1) is 23.2. The van der Waals surface area contributed by atoms with Crippen LogP contribution in [-0.4, -0.2) is 27.1 Å². The van der Waals surface area contributed by atoms with Gasteiger partial charge in [0, 0.05) is 11.6 Å². The highest BCUT2D eigenvalue weighted by Crippen LogP contribution is 2.42. The maximum atomic E-state index is 13.1. The Balaban J connectivity index is 1.63. The summed E-state index contributed by atoms with van der Waals surface area (Å²) >= 11 is 0. The van der Waals surface area contributed by atoms with E-state index in [2.05, 4.69) is 32.0 Å². The molecule has 3 aromatic carbocycles. The normalized spacial score (nSPS) is 13.5. The lowest BCUT2D eigenvalue weighted by Gasteiger charge is -2.14. The van der Waals surface area contributed by atoms with Crippen LogP contribution in [0, 0.1) is 20.8 Å². The van der Waals surface area contributed by atoms with Crippen molar-refractivity contribution in [3.05, 3.63) is 81.6 Å². The van der Waals surface area contributed by atoms with Gasteiger partial charge in [-0.2, -0.15) is 0 Å². The maximum absolute atomic E-state index is 13.1. The average Bonchev–Trinajstić information content (AvgIpc) is 3.14. The number of rotatable bonds is 7. The maximum Gasteiger partial charge on any atom is 0.232 e. The van der Waals surface area contributed by atoms with Crippen LogP contribution in [0.25, 0.3) is 6.08 Å². The van der Waals surface area contributed by atoms with Gasteiger partial charge in [0.05, 0.1) is 26.9 Å². The van der Waals surface area contributed by atoms with Crippen molar-refractivity contribution in [2.75, 3.05) is 21.3 Å². The second-order valence-corrected chi connectivity index (χ2v) is 8.20. The number of allylic oxidation sites excluding steroid dienone is 1. The van der Waals surface area contributed by atoms with Crippen LogP contribution in [0.15, 0.2) is 48.2 Å². The van der Waals surface area contributed by atoms with E-state index in [0.29, 0.717) is 46.5 Å². The Hall–Kier alpha value is -3.93. The van der Waals surface area contributed by atoms with Crippen LogP contribution in [0.4, 0.5) is 0 Å². The molecule has 0 N–H and O–H groups in total. The molecule has 0 bridgehead atoms. The quantitative estimate of drug-likeness (QED) is 0.413. The van der Waals surface area contributed by atoms with Crippen molar-refractivity contribution in [1.82, 2.24) is 0 Å². The first-order chi connectivity index (χ1) is 16.4. The molecule has 1 aliphatic rings. The van der Waals surface area contributed by atoms with E-state index in [4.69, 9.17) is 23.7 Å². The van der Waals surface area contributed by atoms with Crippen molar-refractivity contribution in [3.63, 3.8) is 0 Å². The van der Waals surface area contributed by atoms with Gasteiger partial charge in [-0.05, 0) is 61.7 Å². The van der Waals surface area contributed by atoms with Crippen LogP contribution in [0.1, 0.15) is 38.2 Å². The smallest absolute Gasteiger partial charge is 0.232 e. The van der Waals surface area contributed by atoms with E-state index in [-0.39, 0.29) is 11.5 Å². The van der Waals surface area contributed by atoms with Gasteiger partial charge >= 0.3 is 0 Å². The first-order valence-electron chi connectivity index (χ1n) is 10.9. The monoisotopic (exact) mass is 460 g/mol. The van der Waals surface area contributed by atoms with Gasteiger partial charge in [0.1, 0.15) is 18.1 Å². The predicted molar refractivity (Wildman–Crippen MR) is 130 cm³/mol. The summed E-state index contributed by atoms with van der Waals surface area (Å²) in [5.74, 6) is 2.57. The number of benzene rings is 3. The third-order valence-corrected chi connectivity index (χ3v) is 5.86. The molecule has 6 nitrogen and oxygen atoms in total. The number of ketones is 1. The highest BCUT2D eigenvalue weighted by atomic mass is 16.5. The Bertz CT molecular complexity index is 1290. The summed E-state index contributed by atoms with van der Waals surface area (Å²) in [7, 11) is 4.63. The van der Waals surface area contributed by atoms with Gasteiger partial charge in [0.15, 0.2) is 17.3 Å². The highest BCUT2D eigenvalue weighted by Gasteiger charge is 2.30. The van der Waals surface area contributed by atoms with Crippen molar-refractivity contribution in [2.45, 2.75) is 27.4 Å². The lowest BCUT2D eigenvalue weighted by Crippen LogP contribution is -2.01. The fourth-order valence-electron chi connectivity index (χ4n) is 4.06. The molecule has 0 unspecified atom stereocenters. The van der Waals surface area contributed by atoms with Crippen molar-refractivity contribution in [1.29, 1.82) is 0 Å². The zero-order valence-corrected chi connectivity index (χ0v) is 20.3. The van der Waals surface area contributed by atoms with Gasteiger partial charge < -0.3 is 23.7 Å². The SMILES string of the molecule is COc1ccc(/C=C2\Oc3cc(OCc4cc(C)ccc4C)cc(C)c3C2=O)c(OC)c1OC. The Morgan fingerprint density at radius 2 is 1.62 bits per heavy atom. The van der Waals surface area contributed by atoms with Crippen LogP contribution in [0.2, 0.25) is 0 Å². The minimum atomic E-state index is -0.189. The third-order valence-electron chi connectivity index (χ3n) is 5.86. The molecule has 0 aliphatic carbocycles. The van der Waals surface area contributed by atoms with Crippen molar-refractivity contribution in [3.8, 4) is 28.7 Å². The van der Waals surface area contributed by atoms with Gasteiger partial charge in [-0.1, -0.05) is 23.8 Å². The number of hydrogen-bond donors (Lipinski definition) is 0. The molecule has 6 heteroatoms. The van der Waals surface area contributed by atoms with Crippen LogP contribution in [0.3, 0.4) is 0 Å². The Morgan fingerprint density at radius 1 is 0.853 bits per heavy atom. The molecule has 1 aliphatic heterocycles. The number of hydrogen-bond acceptors (Lipinski definition) is 6. The number of carbonyl (C=O) groups is 1. The van der Waals surface area contributed by atoms with Crippen LogP contribution in [0.5, 0.6) is 28.7 Å². The standard InChI is InChI=1S/C28H28O6/c1-16-7-8-17(2)20(11-16)15-33-21-12-18(3)25-23(14-21)34-24(26(25)29)13-19-9-10-22(30-4)28(32-6)27(19)31-5/h7-14H,15H2,1-6H3/b24-13-. The molecule has 0 saturated carbocycles. The lowest BCUT2D eigenvalue weighted by molar-refractivity contribution is 0.101. The molecule has 0 radical (unpaired) electrons. The molecule has 0 aromatic heterocycles. The molecule has 0 spiro atoms. The Morgan fingerprint density at radius 3 is 2.32 bits per heavy atom. The highest BCUT2D eigenvalue weighted by molar-refractivity contribution is 6.15. The predicted octanol–water partition coefficient (Wildman–Crippen LogP) is 5.83. The molecular formula is C28H28O6. The zero-order valence-electron chi connectivity index (χ0n) is 20.3. The van der Waals surface area contributed by atoms with Crippen molar-refractivity contribution >= 4 is 11.9 Å². The van der Waals surface area contributed by atoms with E-state index in [1.54, 1.807) is 31.4 Å². The van der Waals surface area contributed by atoms with Crippen LogP contribution in [-0.2, 0) is 6.61 Å². The molecule has 3 aromatic rings. The molecular weight excluding hydrogens is 432 g/mol. The van der Waals surface area contributed by atoms with E-state index in [1.165, 1.54) is 25.3 Å². The summed E-state index contributed by atoms with van der Waals surface area (Å²) in [6.07, 6.45) is 1.65. The minimum absolute atomic E-state index is 0.189.